The van der Waals surface area contributed by atoms with E-state index < -0.39 is 47.7 Å². The van der Waals surface area contributed by atoms with Gasteiger partial charge < -0.3 is 29.3 Å². The van der Waals surface area contributed by atoms with E-state index in [0.717, 1.165) is 18.4 Å². The average Bonchev–Trinajstić information content (AvgIpc) is 3.89. The normalized spacial score (nSPS) is 29.9. The van der Waals surface area contributed by atoms with Crippen molar-refractivity contribution in [3.05, 3.63) is 82.9 Å². The highest BCUT2D eigenvalue weighted by atomic mass is 79.9. The first-order valence-corrected chi connectivity index (χ1v) is 19.2. The largest absolute Gasteiger partial charge is 0.455 e. The summed E-state index contributed by atoms with van der Waals surface area (Å²) in [6.07, 6.45) is 7.29. The van der Waals surface area contributed by atoms with Gasteiger partial charge in [-0.25, -0.2) is 4.68 Å². The molecule has 2 aromatic carbocycles. The zero-order valence-corrected chi connectivity index (χ0v) is 31.5. The molecule has 0 saturated carbocycles. The summed E-state index contributed by atoms with van der Waals surface area (Å²) >= 11 is 3.64. The number of aliphatic hydroxyl groups is 1. The Balaban J connectivity index is 1.31. The summed E-state index contributed by atoms with van der Waals surface area (Å²) in [6, 6.07) is 15.1. The summed E-state index contributed by atoms with van der Waals surface area (Å²) in [5, 5.41) is 18.0. The molecule has 4 aliphatic heterocycles. The van der Waals surface area contributed by atoms with E-state index in [-0.39, 0.29) is 50.5 Å². The van der Waals surface area contributed by atoms with Crippen LogP contribution in [0.15, 0.2) is 77.3 Å². The summed E-state index contributed by atoms with van der Waals surface area (Å²) in [4.78, 5) is 62.7. The Hall–Kier alpha value is -4.40. The van der Waals surface area contributed by atoms with Crippen LogP contribution in [0.5, 0.6) is 0 Å². The van der Waals surface area contributed by atoms with Crippen LogP contribution in [0.2, 0.25) is 0 Å². The highest BCUT2D eigenvalue weighted by Crippen LogP contribution is 2.59. The monoisotopic (exact) mass is 788 g/mol. The molecule has 0 unspecified atom stereocenters. The fraction of sp³-hybridized carbons (Fsp3) is 0.487. The fourth-order valence-corrected chi connectivity index (χ4v) is 8.99. The number of likely N-dealkylation sites (tertiary alicyclic amines) is 1. The fourth-order valence-electron chi connectivity index (χ4n) is 8.25. The van der Waals surface area contributed by atoms with Gasteiger partial charge in [0.2, 0.25) is 11.8 Å². The van der Waals surface area contributed by atoms with Crippen molar-refractivity contribution in [2.45, 2.75) is 82.0 Å². The first-order valence-electron chi connectivity index (χ1n) is 18.4. The van der Waals surface area contributed by atoms with Gasteiger partial charge >= 0.3 is 5.97 Å². The lowest BCUT2D eigenvalue weighted by atomic mass is 9.74. The molecular formula is C39H45BrN6O7. The second kappa shape index (κ2) is 15.5. The van der Waals surface area contributed by atoms with E-state index >= 15 is 4.79 Å². The summed E-state index contributed by atoms with van der Waals surface area (Å²) in [5.41, 5.74) is 0.696. The zero-order chi connectivity index (χ0) is 37.3. The Bertz CT molecular complexity index is 1920. The van der Waals surface area contributed by atoms with Gasteiger partial charge in [-0.05, 0) is 50.0 Å². The summed E-state index contributed by atoms with van der Waals surface area (Å²) in [7, 11) is 1.70. The SMILES string of the molecule is C[C@H]1[C@H](c2ccccc2)OC(=O)[C@H]2[C@@H]3O[C@@]4(C=C3Br)[C@@H]2C(=O)N(CCCCCCO)[C@@H]4C(=O)N(Cn2nnc3ccccc32)C/C=C\CCC(=O)N1C. The van der Waals surface area contributed by atoms with Crippen molar-refractivity contribution in [3.8, 4) is 0 Å². The molecule has 3 aromatic rings. The van der Waals surface area contributed by atoms with Gasteiger partial charge in [-0.1, -0.05) is 88.6 Å². The first kappa shape index (κ1) is 36.9. The van der Waals surface area contributed by atoms with Crippen molar-refractivity contribution in [2.75, 3.05) is 26.7 Å². The number of cyclic esters (lactones) is 1. The molecule has 53 heavy (non-hydrogen) atoms. The van der Waals surface area contributed by atoms with Gasteiger partial charge in [0, 0.05) is 37.6 Å². The van der Waals surface area contributed by atoms with E-state index in [4.69, 9.17) is 9.47 Å². The van der Waals surface area contributed by atoms with Crippen molar-refractivity contribution in [3.63, 3.8) is 0 Å². The number of carbonyl (C=O) groups excluding carboxylic acids is 4. The minimum atomic E-state index is -1.44. The second-order valence-corrected chi connectivity index (χ2v) is 15.2. The van der Waals surface area contributed by atoms with Crippen molar-refractivity contribution >= 4 is 50.7 Å². The zero-order valence-electron chi connectivity index (χ0n) is 29.9. The van der Waals surface area contributed by atoms with Gasteiger partial charge in [-0.15, -0.1) is 5.10 Å². The lowest BCUT2D eigenvalue weighted by molar-refractivity contribution is -0.164. The third kappa shape index (κ3) is 6.81. The predicted octanol–water partition coefficient (Wildman–Crippen LogP) is 4.12. The Labute approximate surface area is 316 Å². The molecule has 14 heteroatoms. The van der Waals surface area contributed by atoms with E-state index in [1.807, 2.05) is 73.7 Å². The van der Waals surface area contributed by atoms with Gasteiger partial charge in [0.25, 0.3) is 5.91 Å². The topological polar surface area (TPSA) is 147 Å². The second-order valence-electron chi connectivity index (χ2n) is 14.3. The molecular weight excluding hydrogens is 744 g/mol. The molecule has 5 heterocycles. The third-order valence-corrected chi connectivity index (χ3v) is 11.8. The Morgan fingerprint density at radius 3 is 2.49 bits per heavy atom. The average molecular weight is 790 g/mol. The van der Waals surface area contributed by atoms with Crippen molar-refractivity contribution in [2.24, 2.45) is 11.8 Å². The van der Waals surface area contributed by atoms with Crippen LogP contribution in [0.3, 0.4) is 0 Å². The van der Waals surface area contributed by atoms with E-state index in [1.54, 1.807) is 32.5 Å². The molecule has 7 atom stereocenters. The minimum absolute atomic E-state index is 0.0389. The lowest BCUT2D eigenvalue weighted by Crippen LogP contribution is -2.56. The lowest BCUT2D eigenvalue weighted by Gasteiger charge is -2.35. The number of benzene rings is 2. The predicted molar refractivity (Wildman–Crippen MR) is 198 cm³/mol. The number of unbranched alkanes of at least 4 members (excludes halogenated alkanes) is 3. The number of aliphatic hydroxyl groups excluding tert-OH is 1. The van der Waals surface area contributed by atoms with E-state index in [9.17, 15) is 19.5 Å². The van der Waals surface area contributed by atoms with Crippen LogP contribution in [0, 0.1) is 11.8 Å². The molecule has 13 nitrogen and oxygen atoms in total. The van der Waals surface area contributed by atoms with Crippen LogP contribution in [-0.2, 0) is 35.3 Å². The molecule has 2 fully saturated rings. The number of hydrogen-bond donors (Lipinski definition) is 1. The Morgan fingerprint density at radius 1 is 0.943 bits per heavy atom. The molecule has 1 N–H and O–H groups in total. The van der Waals surface area contributed by atoms with Crippen molar-refractivity contribution in [1.29, 1.82) is 0 Å². The van der Waals surface area contributed by atoms with Gasteiger partial charge in [0.1, 0.15) is 42.0 Å². The number of ether oxygens (including phenoxy) is 2. The van der Waals surface area contributed by atoms with Crippen LogP contribution >= 0.6 is 15.9 Å². The van der Waals surface area contributed by atoms with Crippen LogP contribution < -0.4 is 0 Å². The standard InChI is InChI=1S/C39H45BrN6O7/c1-25-33(26-15-7-5-8-16-26)52-38(51)31-32-36(49)45(21-13-3-4-14-22-47)35(39(32)23-27(40)34(31)53-39)37(50)44(20-12-6-9-19-30(48)43(25)2)24-46-29-18-11-10-17-28(29)41-42-46/h5-8,10-12,15-18,23,25,31-35,47H,3-4,9,13-14,19-22,24H2,1-2H3/b12-6-/t25-,31+,32-,33+,34+,35+,39-/m0/s1. The first-order chi connectivity index (χ1) is 25.7. The number of fused-ring (bicyclic) bond motifs is 3. The number of carbonyl (C=O) groups is 4. The molecule has 4 aliphatic rings. The van der Waals surface area contributed by atoms with Crippen LogP contribution in [0.25, 0.3) is 11.0 Å². The van der Waals surface area contributed by atoms with E-state index in [1.165, 1.54) is 0 Å². The number of rotatable bonds is 9. The molecule has 280 valence electrons. The van der Waals surface area contributed by atoms with E-state index in [0.29, 0.717) is 34.8 Å². The molecule has 5 bridgehead atoms. The number of likely N-dealkylation sites (N-methyl/N-ethyl adjacent to an activating group) is 1. The number of nitrogens with zero attached hydrogens (tertiary/aromatic N) is 6. The van der Waals surface area contributed by atoms with Crippen LogP contribution in [-0.4, -0.2) is 109 Å². The number of amides is 3. The maximum absolute atomic E-state index is 15.1. The third-order valence-electron chi connectivity index (χ3n) is 11.1. The van der Waals surface area contributed by atoms with Gasteiger partial charge in [-0.2, -0.15) is 0 Å². The maximum Gasteiger partial charge on any atom is 0.313 e. The Morgan fingerprint density at radius 2 is 1.70 bits per heavy atom. The number of halogens is 1. The minimum Gasteiger partial charge on any atom is -0.455 e. The smallest absolute Gasteiger partial charge is 0.313 e. The van der Waals surface area contributed by atoms with Crippen molar-refractivity contribution < 1.29 is 33.8 Å². The number of aromatic nitrogens is 3. The van der Waals surface area contributed by atoms with Crippen LogP contribution in [0.1, 0.15) is 57.1 Å². The number of allylic oxidation sites excluding steroid dienone is 1. The van der Waals surface area contributed by atoms with Crippen LogP contribution in [0.4, 0.5) is 0 Å². The van der Waals surface area contributed by atoms with Gasteiger partial charge in [0.15, 0.2) is 0 Å². The molecule has 7 rings (SSSR count). The van der Waals surface area contributed by atoms with Gasteiger partial charge in [-0.3, -0.25) is 19.2 Å². The molecule has 0 aliphatic carbocycles. The summed E-state index contributed by atoms with van der Waals surface area (Å²) in [5.74, 6) is -3.51. The van der Waals surface area contributed by atoms with Gasteiger partial charge in [0.05, 0.1) is 17.5 Å². The maximum atomic E-state index is 15.1. The highest BCUT2D eigenvalue weighted by molar-refractivity contribution is 9.11. The molecule has 2 saturated heterocycles. The highest BCUT2D eigenvalue weighted by Gasteiger charge is 2.75. The quantitative estimate of drug-likeness (QED) is 0.192. The van der Waals surface area contributed by atoms with E-state index in [2.05, 4.69) is 26.2 Å². The van der Waals surface area contributed by atoms with Crippen molar-refractivity contribution in [1.82, 2.24) is 29.7 Å². The number of hydrogen-bond acceptors (Lipinski definition) is 9. The summed E-state index contributed by atoms with van der Waals surface area (Å²) in [6.45, 7) is 2.41. The number of esters is 1. The number of para-hydroxylation sites is 1. The molecule has 1 aromatic heterocycles. The molecule has 3 amide bonds. The Kier molecular flexibility index (Phi) is 10.8. The molecule has 1 spiro atoms. The summed E-state index contributed by atoms with van der Waals surface area (Å²) < 4.78 is 15.3. The molecule has 0 radical (unpaired) electrons.